The molecule has 0 saturated carbocycles. The molecule has 3 rings (SSSR count). The Morgan fingerprint density at radius 3 is 2.54 bits per heavy atom. The number of nitrogens with one attached hydrogen (secondary N) is 2. The Hall–Kier alpha value is -2.63. The van der Waals surface area contributed by atoms with Crippen LogP contribution in [0.25, 0.3) is 0 Å². The first kappa shape index (κ1) is 18.2. The van der Waals surface area contributed by atoms with Gasteiger partial charge in [-0.3, -0.25) is 4.79 Å². The number of benzene rings is 1. The molecule has 6 nitrogen and oxygen atoms in total. The number of carbonyl (C=O) groups excluding carboxylic acids is 1. The first-order valence-corrected chi connectivity index (χ1v) is 9.33. The normalized spacial score (nSPS) is 15.0. The van der Waals surface area contributed by atoms with Gasteiger partial charge in [0.25, 0.3) is 5.91 Å². The second kappa shape index (κ2) is 8.17. The maximum Gasteiger partial charge on any atom is 0.274 e. The lowest BCUT2D eigenvalue weighted by Crippen LogP contribution is -2.20. The average molecular weight is 353 g/mol. The molecule has 1 aliphatic heterocycles. The number of nitrogens with zero attached hydrogens (tertiary/aromatic N) is 3. The third-order valence-corrected chi connectivity index (χ3v) is 4.67. The number of aromatic nitrogens is 2. The summed E-state index contributed by atoms with van der Waals surface area (Å²) in [6.45, 7) is 8.24. The lowest BCUT2D eigenvalue weighted by atomic mass is 10.2. The second-order valence-electron chi connectivity index (χ2n) is 6.87. The number of anilines is 3. The van der Waals surface area contributed by atoms with E-state index in [0.717, 1.165) is 30.9 Å². The molecule has 1 aliphatic rings. The first-order chi connectivity index (χ1) is 12.5. The molecule has 2 heterocycles. The van der Waals surface area contributed by atoms with Crippen molar-refractivity contribution in [2.24, 2.45) is 0 Å². The molecule has 0 aliphatic carbocycles. The van der Waals surface area contributed by atoms with Crippen LogP contribution in [0.4, 0.5) is 17.3 Å². The molecule has 1 unspecified atom stereocenters. The summed E-state index contributed by atoms with van der Waals surface area (Å²) in [4.78, 5) is 23.7. The van der Waals surface area contributed by atoms with Crippen LogP contribution >= 0.6 is 0 Å². The zero-order valence-corrected chi connectivity index (χ0v) is 15.7. The Kier molecular flexibility index (Phi) is 5.71. The van der Waals surface area contributed by atoms with Crippen molar-refractivity contribution in [3.05, 3.63) is 41.7 Å². The summed E-state index contributed by atoms with van der Waals surface area (Å²) in [6, 6.07) is 9.96. The molecule has 2 N–H and O–H groups in total. The van der Waals surface area contributed by atoms with Crippen molar-refractivity contribution in [1.29, 1.82) is 0 Å². The molecule has 1 aromatic heterocycles. The predicted molar refractivity (Wildman–Crippen MR) is 106 cm³/mol. The highest BCUT2D eigenvalue weighted by Crippen LogP contribution is 2.22. The fourth-order valence-electron chi connectivity index (χ4n) is 3.00. The van der Waals surface area contributed by atoms with Gasteiger partial charge in [-0.25, -0.2) is 9.97 Å². The summed E-state index contributed by atoms with van der Waals surface area (Å²) in [5.74, 6) is 0.269. The Bertz CT molecular complexity index is 753. The van der Waals surface area contributed by atoms with E-state index in [4.69, 9.17) is 0 Å². The molecule has 138 valence electrons. The van der Waals surface area contributed by atoms with E-state index >= 15 is 0 Å². The van der Waals surface area contributed by atoms with E-state index in [1.807, 2.05) is 19.1 Å². The van der Waals surface area contributed by atoms with E-state index in [1.165, 1.54) is 18.5 Å². The average Bonchev–Trinajstić information content (AvgIpc) is 3.16. The predicted octanol–water partition coefficient (Wildman–Crippen LogP) is 3.85. The summed E-state index contributed by atoms with van der Waals surface area (Å²) < 4.78 is 0. The quantitative estimate of drug-likeness (QED) is 0.825. The highest BCUT2D eigenvalue weighted by molar-refractivity contribution is 6.03. The van der Waals surface area contributed by atoms with Crippen molar-refractivity contribution in [1.82, 2.24) is 9.97 Å². The maximum atomic E-state index is 12.6. The minimum atomic E-state index is -0.225. The van der Waals surface area contributed by atoms with Gasteiger partial charge in [0.2, 0.25) is 5.95 Å². The maximum absolute atomic E-state index is 12.6. The summed E-state index contributed by atoms with van der Waals surface area (Å²) in [6.07, 6.45) is 3.46. The van der Waals surface area contributed by atoms with Gasteiger partial charge in [0.1, 0.15) is 5.69 Å². The zero-order valence-electron chi connectivity index (χ0n) is 15.7. The number of hydrogen-bond donors (Lipinski definition) is 2. The van der Waals surface area contributed by atoms with Crippen LogP contribution in [0.15, 0.2) is 30.3 Å². The van der Waals surface area contributed by atoms with E-state index in [1.54, 1.807) is 6.07 Å². The second-order valence-corrected chi connectivity index (χ2v) is 6.87. The molecule has 0 bridgehead atoms. The zero-order chi connectivity index (χ0) is 18.5. The van der Waals surface area contributed by atoms with E-state index in [-0.39, 0.29) is 11.9 Å². The van der Waals surface area contributed by atoms with Crippen LogP contribution in [0, 0.1) is 6.92 Å². The summed E-state index contributed by atoms with van der Waals surface area (Å²) >= 11 is 0. The van der Waals surface area contributed by atoms with Gasteiger partial charge < -0.3 is 15.5 Å². The van der Waals surface area contributed by atoms with E-state index in [0.29, 0.717) is 11.6 Å². The highest BCUT2D eigenvalue weighted by Gasteiger charge is 2.14. The van der Waals surface area contributed by atoms with Gasteiger partial charge in [-0.2, -0.15) is 0 Å². The third kappa shape index (κ3) is 4.50. The Morgan fingerprint density at radius 1 is 1.19 bits per heavy atom. The van der Waals surface area contributed by atoms with Crippen LogP contribution in [0.3, 0.4) is 0 Å². The number of amides is 1. The lowest BCUT2D eigenvalue weighted by molar-refractivity contribution is 0.102. The van der Waals surface area contributed by atoms with E-state index < -0.39 is 0 Å². The molecule has 26 heavy (non-hydrogen) atoms. The third-order valence-electron chi connectivity index (χ3n) is 4.67. The molecule has 6 heteroatoms. The summed E-state index contributed by atoms with van der Waals surface area (Å²) in [7, 11) is 0. The summed E-state index contributed by atoms with van der Waals surface area (Å²) in [5, 5.41) is 6.14. The van der Waals surface area contributed by atoms with Gasteiger partial charge in [0.05, 0.1) is 0 Å². The topological polar surface area (TPSA) is 70.2 Å². The van der Waals surface area contributed by atoms with Gasteiger partial charge in [0.15, 0.2) is 0 Å². The molecule has 1 atom stereocenters. The lowest BCUT2D eigenvalue weighted by Gasteiger charge is -2.17. The molecule has 1 saturated heterocycles. The molecular formula is C20H27N5O. The van der Waals surface area contributed by atoms with Crippen molar-refractivity contribution in [3.8, 4) is 0 Å². The SMILES string of the molecule is CCC(C)Nc1nc(C)cc(C(=O)Nc2ccc(N3CCCC3)cc2)n1. The van der Waals surface area contributed by atoms with Crippen LogP contribution in [-0.2, 0) is 0 Å². The van der Waals surface area contributed by atoms with Crippen molar-refractivity contribution in [3.63, 3.8) is 0 Å². The Morgan fingerprint density at radius 2 is 1.88 bits per heavy atom. The van der Waals surface area contributed by atoms with Crippen LogP contribution in [0.2, 0.25) is 0 Å². The van der Waals surface area contributed by atoms with Crippen molar-refractivity contribution >= 4 is 23.2 Å². The summed E-state index contributed by atoms with van der Waals surface area (Å²) in [5.41, 5.74) is 3.11. The van der Waals surface area contributed by atoms with Crippen molar-refractivity contribution in [2.45, 2.75) is 46.1 Å². The van der Waals surface area contributed by atoms with Crippen LogP contribution in [0.1, 0.15) is 49.3 Å². The molecular weight excluding hydrogens is 326 g/mol. The Labute approximate surface area is 155 Å². The smallest absolute Gasteiger partial charge is 0.274 e. The number of rotatable bonds is 6. The van der Waals surface area contributed by atoms with Gasteiger partial charge in [0, 0.05) is 36.2 Å². The number of carbonyl (C=O) groups is 1. The van der Waals surface area contributed by atoms with Crippen LogP contribution in [0.5, 0.6) is 0 Å². The van der Waals surface area contributed by atoms with Gasteiger partial charge in [-0.15, -0.1) is 0 Å². The van der Waals surface area contributed by atoms with Gasteiger partial charge in [-0.1, -0.05) is 6.92 Å². The van der Waals surface area contributed by atoms with E-state index in [9.17, 15) is 4.79 Å². The Balaban J connectivity index is 1.69. The van der Waals surface area contributed by atoms with Gasteiger partial charge in [-0.05, 0) is 63.4 Å². The minimum Gasteiger partial charge on any atom is -0.372 e. The molecule has 2 aromatic rings. The molecule has 0 radical (unpaired) electrons. The van der Waals surface area contributed by atoms with Crippen LogP contribution in [-0.4, -0.2) is 35.0 Å². The largest absolute Gasteiger partial charge is 0.372 e. The molecule has 1 fully saturated rings. The monoisotopic (exact) mass is 353 g/mol. The van der Waals surface area contributed by atoms with E-state index in [2.05, 4.69) is 51.5 Å². The minimum absolute atomic E-state index is 0.225. The standard InChI is InChI=1S/C20H27N5O/c1-4-14(2)21-20-22-15(3)13-18(24-20)19(26)23-16-7-9-17(10-8-16)25-11-5-6-12-25/h7-10,13-14H,4-6,11-12H2,1-3H3,(H,23,26)(H,21,22,24). The number of aryl methyl sites for hydroxylation is 1. The molecule has 1 amide bonds. The van der Waals surface area contributed by atoms with Crippen molar-refractivity contribution in [2.75, 3.05) is 28.6 Å². The first-order valence-electron chi connectivity index (χ1n) is 9.33. The van der Waals surface area contributed by atoms with Crippen molar-refractivity contribution < 1.29 is 4.79 Å². The highest BCUT2D eigenvalue weighted by atomic mass is 16.1. The number of hydrogen-bond acceptors (Lipinski definition) is 5. The van der Waals surface area contributed by atoms with Gasteiger partial charge >= 0.3 is 0 Å². The fourth-order valence-corrected chi connectivity index (χ4v) is 3.00. The molecule has 0 spiro atoms. The van der Waals surface area contributed by atoms with Crippen LogP contribution < -0.4 is 15.5 Å². The molecule has 1 aromatic carbocycles. The fraction of sp³-hybridized carbons (Fsp3) is 0.450.